The van der Waals surface area contributed by atoms with Crippen molar-refractivity contribution in [2.24, 2.45) is 0 Å². The third kappa shape index (κ3) is 3.12. The molecule has 0 atom stereocenters. The van der Waals surface area contributed by atoms with Gasteiger partial charge in [0.1, 0.15) is 10.7 Å². The number of ether oxygens (including phenoxy) is 1. The van der Waals surface area contributed by atoms with Gasteiger partial charge in [0.05, 0.1) is 28.4 Å². The van der Waals surface area contributed by atoms with Crippen LogP contribution >= 0.6 is 22.9 Å². The Morgan fingerprint density at radius 3 is 2.47 bits per heavy atom. The highest BCUT2D eigenvalue weighted by atomic mass is 35.5. The molecule has 0 aliphatic heterocycles. The number of aromatic nitrogens is 2. The summed E-state index contributed by atoms with van der Waals surface area (Å²) in [4.78, 5) is 22.6. The lowest BCUT2D eigenvalue weighted by Gasteiger charge is -2.15. The molecule has 3 aromatic carbocycles. The summed E-state index contributed by atoms with van der Waals surface area (Å²) in [7, 11) is 1.38. The molecule has 0 amide bonds. The molecule has 0 bridgehead atoms. The van der Waals surface area contributed by atoms with Gasteiger partial charge in [-0.15, -0.1) is 11.3 Å². The molecule has 2 aromatic heterocycles. The van der Waals surface area contributed by atoms with Crippen LogP contribution in [0.4, 0.5) is 0 Å². The molecule has 2 heterocycles. The SMILES string of the molecule is COC(=O)c1c(-c2nc3ccccc3s2)nc2cc(Cl)ccc2c1-c1ccccc1. The minimum absolute atomic E-state index is 0.401. The van der Waals surface area contributed by atoms with Gasteiger partial charge in [0.2, 0.25) is 0 Å². The Morgan fingerprint density at radius 1 is 0.933 bits per heavy atom. The fraction of sp³-hybridized carbons (Fsp3) is 0.0417. The summed E-state index contributed by atoms with van der Waals surface area (Å²) in [5, 5.41) is 2.07. The highest BCUT2D eigenvalue weighted by Crippen LogP contribution is 2.40. The minimum Gasteiger partial charge on any atom is -0.465 e. The average molecular weight is 431 g/mol. The number of methoxy groups -OCH3 is 1. The van der Waals surface area contributed by atoms with Gasteiger partial charge in [0.25, 0.3) is 0 Å². The Labute approximate surface area is 181 Å². The van der Waals surface area contributed by atoms with Crippen LogP contribution in [0.2, 0.25) is 5.02 Å². The van der Waals surface area contributed by atoms with Gasteiger partial charge < -0.3 is 4.74 Å². The molecule has 0 aliphatic rings. The molecule has 0 N–H and O–H groups in total. The lowest BCUT2D eigenvalue weighted by atomic mass is 9.94. The number of nitrogens with zero attached hydrogens (tertiary/aromatic N) is 2. The first kappa shape index (κ1) is 18.7. The van der Waals surface area contributed by atoms with E-state index in [1.54, 1.807) is 12.1 Å². The number of hydrogen-bond acceptors (Lipinski definition) is 5. The molecule has 0 radical (unpaired) electrons. The summed E-state index contributed by atoms with van der Waals surface area (Å²) in [5.41, 5.74) is 4.12. The van der Waals surface area contributed by atoms with Gasteiger partial charge in [-0.2, -0.15) is 0 Å². The van der Waals surface area contributed by atoms with Crippen molar-refractivity contribution < 1.29 is 9.53 Å². The molecule has 0 aliphatic carbocycles. The van der Waals surface area contributed by atoms with E-state index in [0.29, 0.717) is 26.8 Å². The van der Waals surface area contributed by atoms with Gasteiger partial charge in [-0.3, -0.25) is 0 Å². The third-order valence-electron chi connectivity index (χ3n) is 4.90. The number of benzene rings is 3. The molecule has 0 unspecified atom stereocenters. The molecule has 0 spiro atoms. The van der Waals surface area contributed by atoms with E-state index in [1.807, 2.05) is 60.7 Å². The number of halogens is 1. The van der Waals surface area contributed by atoms with Gasteiger partial charge >= 0.3 is 5.97 Å². The Hall–Kier alpha value is -3.28. The fourth-order valence-corrected chi connectivity index (χ4v) is 4.70. The van der Waals surface area contributed by atoms with E-state index < -0.39 is 5.97 Å². The monoisotopic (exact) mass is 430 g/mol. The molecule has 146 valence electrons. The molecular formula is C24H15ClN2O2S. The Kier molecular flexibility index (Phi) is 4.69. The van der Waals surface area contributed by atoms with Gasteiger partial charge in [-0.25, -0.2) is 14.8 Å². The van der Waals surface area contributed by atoms with Crippen LogP contribution in [0.5, 0.6) is 0 Å². The predicted octanol–water partition coefficient (Wildman–Crippen LogP) is 6.62. The first-order valence-electron chi connectivity index (χ1n) is 9.28. The van der Waals surface area contributed by atoms with Crippen LogP contribution in [0.15, 0.2) is 72.8 Å². The Bertz CT molecular complexity index is 1380. The average Bonchev–Trinajstić information content (AvgIpc) is 3.22. The Balaban J connectivity index is 1.93. The predicted molar refractivity (Wildman–Crippen MR) is 122 cm³/mol. The maximum Gasteiger partial charge on any atom is 0.340 e. The number of hydrogen-bond donors (Lipinski definition) is 0. The van der Waals surface area contributed by atoms with E-state index in [0.717, 1.165) is 26.7 Å². The summed E-state index contributed by atoms with van der Waals surface area (Å²) in [6, 6.07) is 23.1. The summed E-state index contributed by atoms with van der Waals surface area (Å²) in [6.07, 6.45) is 0. The number of carbonyl (C=O) groups is 1. The minimum atomic E-state index is -0.451. The molecule has 5 aromatic rings. The van der Waals surface area contributed by atoms with Crippen LogP contribution in [-0.4, -0.2) is 23.0 Å². The normalized spacial score (nSPS) is 11.1. The number of esters is 1. The Morgan fingerprint density at radius 2 is 1.70 bits per heavy atom. The largest absolute Gasteiger partial charge is 0.465 e. The lowest BCUT2D eigenvalue weighted by molar-refractivity contribution is 0.0602. The zero-order chi connectivity index (χ0) is 20.7. The smallest absolute Gasteiger partial charge is 0.340 e. The molecule has 0 saturated carbocycles. The molecule has 6 heteroatoms. The second-order valence-corrected chi connectivity index (χ2v) is 8.18. The van der Waals surface area contributed by atoms with Crippen LogP contribution in [0.25, 0.3) is 42.9 Å². The van der Waals surface area contributed by atoms with Crippen molar-refractivity contribution in [2.45, 2.75) is 0 Å². The molecule has 30 heavy (non-hydrogen) atoms. The van der Waals surface area contributed by atoms with Crippen LogP contribution in [0.3, 0.4) is 0 Å². The van der Waals surface area contributed by atoms with Gasteiger partial charge in [0.15, 0.2) is 0 Å². The van der Waals surface area contributed by atoms with Crippen molar-refractivity contribution in [2.75, 3.05) is 7.11 Å². The second-order valence-electron chi connectivity index (χ2n) is 6.72. The number of pyridine rings is 1. The van der Waals surface area contributed by atoms with E-state index in [-0.39, 0.29) is 0 Å². The summed E-state index contributed by atoms with van der Waals surface area (Å²) in [5.74, 6) is -0.451. The van der Waals surface area contributed by atoms with Crippen molar-refractivity contribution in [3.63, 3.8) is 0 Å². The quantitative estimate of drug-likeness (QED) is 0.302. The van der Waals surface area contributed by atoms with Crippen LogP contribution < -0.4 is 0 Å². The summed E-state index contributed by atoms with van der Waals surface area (Å²) >= 11 is 7.76. The van der Waals surface area contributed by atoms with E-state index in [9.17, 15) is 4.79 Å². The van der Waals surface area contributed by atoms with E-state index in [1.165, 1.54) is 18.4 Å². The van der Waals surface area contributed by atoms with Crippen molar-refractivity contribution in [1.29, 1.82) is 0 Å². The number of para-hydroxylation sites is 1. The van der Waals surface area contributed by atoms with Crippen molar-refractivity contribution >= 4 is 50.0 Å². The van der Waals surface area contributed by atoms with Crippen LogP contribution in [0, 0.1) is 0 Å². The zero-order valence-corrected chi connectivity index (χ0v) is 17.5. The van der Waals surface area contributed by atoms with Crippen LogP contribution in [0.1, 0.15) is 10.4 Å². The molecular weight excluding hydrogens is 416 g/mol. The summed E-state index contributed by atoms with van der Waals surface area (Å²) in [6.45, 7) is 0. The van der Waals surface area contributed by atoms with Gasteiger partial charge in [0, 0.05) is 16.0 Å². The standard InChI is InChI=1S/C24H15ClN2O2S/c1-29-24(28)21-20(14-7-3-2-4-8-14)16-12-11-15(25)13-18(16)26-22(21)23-27-17-9-5-6-10-19(17)30-23/h2-13H,1H3. The topological polar surface area (TPSA) is 52.1 Å². The maximum atomic E-state index is 13.0. The van der Waals surface area contributed by atoms with Crippen molar-refractivity contribution in [3.05, 3.63) is 83.4 Å². The third-order valence-corrected chi connectivity index (χ3v) is 6.17. The summed E-state index contributed by atoms with van der Waals surface area (Å²) < 4.78 is 6.20. The number of thiazole rings is 1. The molecule has 0 saturated heterocycles. The molecule has 0 fully saturated rings. The highest BCUT2D eigenvalue weighted by Gasteiger charge is 2.25. The van der Waals surface area contributed by atoms with E-state index in [4.69, 9.17) is 26.3 Å². The number of carbonyl (C=O) groups excluding carboxylic acids is 1. The van der Waals surface area contributed by atoms with Crippen molar-refractivity contribution in [3.8, 4) is 21.8 Å². The first-order chi connectivity index (χ1) is 14.7. The van der Waals surface area contributed by atoms with Gasteiger partial charge in [-0.05, 0) is 29.8 Å². The van der Waals surface area contributed by atoms with Gasteiger partial charge in [-0.1, -0.05) is 60.1 Å². The fourth-order valence-electron chi connectivity index (χ4n) is 3.57. The molecule has 4 nitrogen and oxygen atoms in total. The first-order valence-corrected chi connectivity index (χ1v) is 10.5. The van der Waals surface area contributed by atoms with E-state index in [2.05, 4.69) is 0 Å². The van der Waals surface area contributed by atoms with Crippen molar-refractivity contribution in [1.82, 2.24) is 9.97 Å². The maximum absolute atomic E-state index is 13.0. The highest BCUT2D eigenvalue weighted by molar-refractivity contribution is 7.21. The second kappa shape index (κ2) is 7.52. The number of fused-ring (bicyclic) bond motifs is 2. The number of rotatable bonds is 3. The van der Waals surface area contributed by atoms with E-state index >= 15 is 0 Å². The van der Waals surface area contributed by atoms with Crippen LogP contribution in [-0.2, 0) is 4.74 Å². The molecule has 5 rings (SSSR count). The lowest BCUT2D eigenvalue weighted by Crippen LogP contribution is -2.08. The zero-order valence-electron chi connectivity index (χ0n) is 15.9.